The second-order valence-corrected chi connectivity index (χ2v) is 5.71. The molecule has 0 aromatic heterocycles. The molecule has 0 saturated heterocycles. The predicted octanol–water partition coefficient (Wildman–Crippen LogP) is 0.967. The summed E-state index contributed by atoms with van der Waals surface area (Å²) in [5.74, 6) is 0.107. The molecule has 0 aliphatic heterocycles. The molecule has 0 heterocycles. The van der Waals surface area contributed by atoms with Crippen molar-refractivity contribution >= 4 is 35.4 Å². The maximum Gasteiger partial charge on any atom is 0.329 e. The first kappa shape index (κ1) is 19.6. The first-order valence-electron chi connectivity index (χ1n) is 7.11. The molecule has 9 heteroatoms. The summed E-state index contributed by atoms with van der Waals surface area (Å²) in [7, 11) is 1.54. The van der Waals surface area contributed by atoms with Crippen molar-refractivity contribution in [1.82, 2.24) is 5.32 Å². The number of benzene rings is 1. The van der Waals surface area contributed by atoms with Crippen LogP contribution in [-0.2, 0) is 14.3 Å². The summed E-state index contributed by atoms with van der Waals surface area (Å²) in [5, 5.41) is 4.89. The quantitative estimate of drug-likeness (QED) is 0.568. The second-order valence-electron chi connectivity index (χ2n) is 4.73. The number of carbonyl (C=O) groups is 3. The van der Waals surface area contributed by atoms with Gasteiger partial charge in [0, 0.05) is 5.69 Å². The van der Waals surface area contributed by atoms with Crippen molar-refractivity contribution in [2.75, 3.05) is 31.0 Å². The number of nitrogens with one attached hydrogen (secondary N) is 2. The zero-order valence-corrected chi connectivity index (χ0v) is 14.4. The van der Waals surface area contributed by atoms with E-state index in [-0.39, 0.29) is 0 Å². The number of rotatable bonds is 9. The third-order valence-corrected chi connectivity index (χ3v) is 3.57. The van der Waals surface area contributed by atoms with Crippen molar-refractivity contribution in [3.8, 4) is 5.75 Å². The summed E-state index contributed by atoms with van der Waals surface area (Å²) >= 11 is 1.51. The number of hydrogen-bond donors (Lipinski definition) is 3. The molecule has 3 amide bonds. The van der Waals surface area contributed by atoms with Crippen LogP contribution in [0.1, 0.15) is 6.42 Å². The van der Waals surface area contributed by atoms with E-state index < -0.39 is 30.6 Å². The Morgan fingerprint density at radius 3 is 2.46 bits per heavy atom. The molecule has 0 unspecified atom stereocenters. The lowest BCUT2D eigenvalue weighted by Gasteiger charge is -2.15. The topological polar surface area (TPSA) is 120 Å². The number of thioether (sulfide) groups is 1. The highest BCUT2D eigenvalue weighted by Crippen LogP contribution is 2.14. The Morgan fingerprint density at radius 2 is 1.92 bits per heavy atom. The fourth-order valence-electron chi connectivity index (χ4n) is 1.77. The van der Waals surface area contributed by atoms with Crippen LogP contribution in [0.2, 0.25) is 0 Å². The third-order valence-electron chi connectivity index (χ3n) is 2.93. The monoisotopic (exact) mass is 355 g/mol. The number of esters is 1. The Morgan fingerprint density at radius 1 is 1.25 bits per heavy atom. The van der Waals surface area contributed by atoms with Crippen LogP contribution in [0.25, 0.3) is 0 Å². The summed E-state index contributed by atoms with van der Waals surface area (Å²) in [6.07, 6.45) is 2.23. The van der Waals surface area contributed by atoms with E-state index in [1.165, 1.54) is 11.8 Å². The molecule has 0 spiro atoms. The van der Waals surface area contributed by atoms with E-state index in [4.69, 9.17) is 15.2 Å². The normalized spacial score (nSPS) is 11.2. The molecule has 0 fully saturated rings. The first-order chi connectivity index (χ1) is 11.5. The lowest BCUT2D eigenvalue weighted by atomic mass is 10.2. The molecule has 1 rings (SSSR count). The van der Waals surface area contributed by atoms with E-state index in [0.29, 0.717) is 23.6 Å². The van der Waals surface area contributed by atoms with Crippen LogP contribution >= 0.6 is 11.8 Å². The van der Waals surface area contributed by atoms with E-state index >= 15 is 0 Å². The van der Waals surface area contributed by atoms with Crippen LogP contribution in [0, 0.1) is 0 Å². The highest BCUT2D eigenvalue weighted by Gasteiger charge is 2.21. The lowest BCUT2D eigenvalue weighted by Crippen LogP contribution is -2.45. The molecule has 24 heavy (non-hydrogen) atoms. The molecule has 1 atom stereocenters. The maximum absolute atomic E-state index is 11.9. The van der Waals surface area contributed by atoms with E-state index in [2.05, 4.69) is 10.6 Å². The molecule has 0 radical (unpaired) electrons. The molecule has 4 N–H and O–H groups in total. The van der Waals surface area contributed by atoms with Crippen molar-refractivity contribution < 1.29 is 23.9 Å². The summed E-state index contributed by atoms with van der Waals surface area (Å²) in [6, 6.07) is 5.01. The van der Waals surface area contributed by atoms with Gasteiger partial charge in [-0.25, -0.2) is 9.59 Å². The summed E-state index contributed by atoms with van der Waals surface area (Å²) in [5.41, 5.74) is 5.58. The second kappa shape index (κ2) is 10.4. The zero-order valence-electron chi connectivity index (χ0n) is 13.5. The van der Waals surface area contributed by atoms with Gasteiger partial charge in [-0.2, -0.15) is 11.8 Å². The first-order valence-corrected chi connectivity index (χ1v) is 8.51. The fraction of sp³-hybridized carbons (Fsp3) is 0.400. The minimum atomic E-state index is -0.872. The lowest BCUT2D eigenvalue weighted by molar-refractivity contribution is -0.149. The van der Waals surface area contributed by atoms with Gasteiger partial charge in [0.15, 0.2) is 6.61 Å². The van der Waals surface area contributed by atoms with Gasteiger partial charge in [0.1, 0.15) is 11.8 Å². The van der Waals surface area contributed by atoms with Gasteiger partial charge < -0.3 is 25.8 Å². The summed E-state index contributed by atoms with van der Waals surface area (Å²) in [6.45, 7) is -0.457. The van der Waals surface area contributed by atoms with Gasteiger partial charge in [-0.3, -0.25) is 4.79 Å². The van der Waals surface area contributed by atoms with Crippen LogP contribution in [0.4, 0.5) is 10.5 Å². The summed E-state index contributed by atoms with van der Waals surface area (Å²) < 4.78 is 9.94. The Labute approximate surface area is 144 Å². The van der Waals surface area contributed by atoms with Crippen LogP contribution in [0.15, 0.2) is 24.3 Å². The number of anilines is 1. The average Bonchev–Trinajstić information content (AvgIpc) is 2.56. The Hall–Kier alpha value is -2.42. The molecular weight excluding hydrogens is 334 g/mol. The van der Waals surface area contributed by atoms with Crippen LogP contribution in [-0.4, -0.2) is 49.7 Å². The van der Waals surface area contributed by atoms with E-state index in [0.717, 1.165) is 0 Å². The number of carbonyl (C=O) groups excluding carboxylic acids is 3. The van der Waals surface area contributed by atoms with Gasteiger partial charge in [0.2, 0.25) is 0 Å². The number of amides is 3. The van der Waals surface area contributed by atoms with Crippen LogP contribution < -0.4 is 21.1 Å². The Bertz CT molecular complexity index is 565. The average molecular weight is 355 g/mol. The largest absolute Gasteiger partial charge is 0.497 e. The number of primary amides is 1. The molecule has 0 saturated carbocycles. The van der Waals surface area contributed by atoms with Crippen molar-refractivity contribution in [2.24, 2.45) is 5.73 Å². The molecule has 0 bridgehead atoms. The molecule has 8 nitrogen and oxygen atoms in total. The van der Waals surface area contributed by atoms with Crippen molar-refractivity contribution in [3.63, 3.8) is 0 Å². The van der Waals surface area contributed by atoms with E-state index in [1.54, 1.807) is 31.4 Å². The van der Waals surface area contributed by atoms with Crippen molar-refractivity contribution in [1.29, 1.82) is 0 Å². The number of hydrogen-bond acceptors (Lipinski definition) is 6. The van der Waals surface area contributed by atoms with Crippen LogP contribution in [0.3, 0.4) is 0 Å². The molecule has 1 aromatic carbocycles. The molecular formula is C15H21N3O5S. The molecule has 132 valence electrons. The molecule has 1 aromatic rings. The van der Waals surface area contributed by atoms with Crippen molar-refractivity contribution in [2.45, 2.75) is 12.5 Å². The van der Waals surface area contributed by atoms with Crippen molar-refractivity contribution in [3.05, 3.63) is 24.3 Å². The molecule has 0 aliphatic rings. The van der Waals surface area contributed by atoms with Gasteiger partial charge in [0.25, 0.3) is 5.91 Å². The highest BCUT2D eigenvalue weighted by molar-refractivity contribution is 7.98. The minimum Gasteiger partial charge on any atom is -0.497 e. The smallest absolute Gasteiger partial charge is 0.329 e. The van der Waals surface area contributed by atoms with Gasteiger partial charge in [-0.15, -0.1) is 0 Å². The van der Waals surface area contributed by atoms with E-state index in [1.807, 2.05) is 6.26 Å². The predicted molar refractivity (Wildman–Crippen MR) is 92.1 cm³/mol. The highest BCUT2D eigenvalue weighted by atomic mass is 32.2. The number of nitrogens with two attached hydrogens (primary N) is 1. The zero-order chi connectivity index (χ0) is 17.9. The summed E-state index contributed by atoms with van der Waals surface area (Å²) in [4.78, 5) is 34.6. The SMILES string of the molecule is COc1ccc(NC(=O)COC(=O)[C@H](CCSC)NC(N)=O)cc1. The number of methoxy groups -OCH3 is 1. The standard InChI is InChI=1S/C15H21N3O5S/c1-22-11-5-3-10(4-6-11)17-13(19)9-23-14(20)12(7-8-24-2)18-15(16)21/h3-6,12H,7-9H2,1-2H3,(H,17,19)(H3,16,18,21)/t12-/m0/s1. The van der Waals surface area contributed by atoms with Gasteiger partial charge >= 0.3 is 12.0 Å². The van der Waals surface area contributed by atoms with E-state index in [9.17, 15) is 14.4 Å². The third kappa shape index (κ3) is 7.23. The number of urea groups is 1. The number of ether oxygens (including phenoxy) is 2. The van der Waals surface area contributed by atoms with Gasteiger partial charge in [-0.05, 0) is 42.7 Å². The Balaban J connectivity index is 2.47. The fourth-order valence-corrected chi connectivity index (χ4v) is 2.24. The van der Waals surface area contributed by atoms with Gasteiger partial charge in [-0.1, -0.05) is 0 Å². The van der Waals surface area contributed by atoms with Gasteiger partial charge in [0.05, 0.1) is 7.11 Å². The Kier molecular flexibility index (Phi) is 8.48. The minimum absolute atomic E-state index is 0.364. The molecule has 0 aliphatic carbocycles. The maximum atomic E-state index is 11.9. The van der Waals surface area contributed by atoms with Crippen LogP contribution in [0.5, 0.6) is 5.75 Å².